The Labute approximate surface area is 92.6 Å². The average molecular weight is 216 g/mol. The summed E-state index contributed by atoms with van der Waals surface area (Å²) < 4.78 is 0. The summed E-state index contributed by atoms with van der Waals surface area (Å²) >= 11 is 1.94. The molecule has 0 aromatic heterocycles. The highest BCUT2D eigenvalue weighted by atomic mass is 32.2. The minimum atomic E-state index is 0.685. The van der Waals surface area contributed by atoms with E-state index < -0.39 is 0 Å². The maximum atomic E-state index is 3.63. The molecule has 14 heavy (non-hydrogen) atoms. The lowest BCUT2D eigenvalue weighted by molar-refractivity contribution is 0.345. The maximum Gasteiger partial charge on any atom is 0.00467 e. The lowest BCUT2D eigenvalue weighted by Crippen LogP contribution is -2.39. The van der Waals surface area contributed by atoms with Crippen molar-refractivity contribution < 1.29 is 0 Å². The summed E-state index contributed by atoms with van der Waals surface area (Å²) in [5, 5.41) is 7.09. The van der Waals surface area contributed by atoms with Gasteiger partial charge in [0.2, 0.25) is 0 Å². The molecule has 2 N–H and O–H groups in total. The summed E-state index contributed by atoms with van der Waals surface area (Å²) in [6.07, 6.45) is 6.22. The number of piperidine rings is 1. The second-order valence-electron chi connectivity index (χ2n) is 4.30. The van der Waals surface area contributed by atoms with Crippen molar-refractivity contribution in [3.63, 3.8) is 0 Å². The van der Waals surface area contributed by atoms with Crippen LogP contribution in [0.15, 0.2) is 0 Å². The maximum absolute atomic E-state index is 3.63. The SMILES string of the molecule is CSCCC(C)NCC1CCCNC1. The molecule has 0 bridgehead atoms. The number of nitrogens with one attached hydrogen (secondary N) is 2. The van der Waals surface area contributed by atoms with Crippen LogP contribution in [0.25, 0.3) is 0 Å². The van der Waals surface area contributed by atoms with Crippen molar-refractivity contribution in [2.24, 2.45) is 5.92 Å². The van der Waals surface area contributed by atoms with E-state index in [1.807, 2.05) is 11.8 Å². The van der Waals surface area contributed by atoms with Gasteiger partial charge in [-0.3, -0.25) is 0 Å². The smallest absolute Gasteiger partial charge is 0.00467 e. The summed E-state index contributed by atoms with van der Waals surface area (Å²) in [4.78, 5) is 0. The minimum absolute atomic E-state index is 0.685. The Morgan fingerprint density at radius 3 is 3.07 bits per heavy atom. The molecular weight excluding hydrogens is 192 g/mol. The second-order valence-corrected chi connectivity index (χ2v) is 5.29. The number of hydrogen-bond donors (Lipinski definition) is 2. The molecule has 0 aliphatic carbocycles. The molecule has 1 aliphatic rings. The van der Waals surface area contributed by atoms with Gasteiger partial charge in [0.25, 0.3) is 0 Å². The summed E-state index contributed by atoms with van der Waals surface area (Å²) in [6, 6.07) is 0.685. The van der Waals surface area contributed by atoms with Crippen molar-refractivity contribution in [3.05, 3.63) is 0 Å². The molecule has 0 spiro atoms. The van der Waals surface area contributed by atoms with Crippen molar-refractivity contribution in [2.45, 2.75) is 32.2 Å². The average Bonchev–Trinajstić information content (AvgIpc) is 2.25. The van der Waals surface area contributed by atoms with Crippen LogP contribution in [0.3, 0.4) is 0 Å². The third-order valence-corrected chi connectivity index (χ3v) is 3.55. The zero-order valence-electron chi connectivity index (χ0n) is 9.51. The van der Waals surface area contributed by atoms with E-state index in [4.69, 9.17) is 0 Å². The Balaban J connectivity index is 2.00. The minimum Gasteiger partial charge on any atom is -0.316 e. The molecule has 1 saturated heterocycles. The topological polar surface area (TPSA) is 24.1 Å². The monoisotopic (exact) mass is 216 g/mol. The zero-order valence-corrected chi connectivity index (χ0v) is 10.3. The van der Waals surface area contributed by atoms with Crippen molar-refractivity contribution in [1.82, 2.24) is 10.6 Å². The molecular formula is C11H24N2S. The molecule has 0 saturated carbocycles. The van der Waals surface area contributed by atoms with Gasteiger partial charge in [0, 0.05) is 6.04 Å². The standard InChI is InChI=1S/C11H24N2S/c1-10(5-7-14-2)13-9-11-4-3-6-12-8-11/h10-13H,3-9H2,1-2H3. The van der Waals surface area contributed by atoms with Crippen LogP contribution in [0.5, 0.6) is 0 Å². The molecule has 1 fully saturated rings. The van der Waals surface area contributed by atoms with Crippen molar-refractivity contribution in [2.75, 3.05) is 31.6 Å². The first kappa shape index (κ1) is 12.3. The Morgan fingerprint density at radius 2 is 2.43 bits per heavy atom. The summed E-state index contributed by atoms with van der Waals surface area (Å²) in [7, 11) is 0. The number of hydrogen-bond acceptors (Lipinski definition) is 3. The second kappa shape index (κ2) is 7.55. The van der Waals surface area contributed by atoms with E-state index in [0.717, 1.165) is 5.92 Å². The quantitative estimate of drug-likeness (QED) is 0.707. The molecule has 0 radical (unpaired) electrons. The molecule has 2 atom stereocenters. The fraction of sp³-hybridized carbons (Fsp3) is 1.00. The Bertz CT molecular complexity index is 135. The van der Waals surface area contributed by atoms with Gasteiger partial charge in [0.1, 0.15) is 0 Å². The molecule has 84 valence electrons. The molecule has 1 rings (SSSR count). The Kier molecular flexibility index (Phi) is 6.65. The fourth-order valence-corrected chi connectivity index (χ4v) is 2.45. The third-order valence-electron chi connectivity index (χ3n) is 2.91. The van der Waals surface area contributed by atoms with Crippen LogP contribution < -0.4 is 10.6 Å². The van der Waals surface area contributed by atoms with Gasteiger partial charge in [-0.15, -0.1) is 0 Å². The highest BCUT2D eigenvalue weighted by molar-refractivity contribution is 7.98. The van der Waals surface area contributed by atoms with E-state index in [-0.39, 0.29) is 0 Å². The predicted molar refractivity (Wildman–Crippen MR) is 66.1 cm³/mol. The summed E-state index contributed by atoms with van der Waals surface area (Å²) in [5.74, 6) is 2.14. The van der Waals surface area contributed by atoms with Crippen LogP contribution in [0.4, 0.5) is 0 Å². The summed E-state index contributed by atoms with van der Waals surface area (Å²) in [6.45, 7) is 5.93. The highest BCUT2D eigenvalue weighted by Gasteiger charge is 2.13. The molecule has 2 unspecified atom stereocenters. The first-order chi connectivity index (χ1) is 6.83. The van der Waals surface area contributed by atoms with Crippen molar-refractivity contribution in [3.8, 4) is 0 Å². The van der Waals surface area contributed by atoms with Crippen molar-refractivity contribution >= 4 is 11.8 Å². The van der Waals surface area contributed by atoms with Gasteiger partial charge in [0.05, 0.1) is 0 Å². The van der Waals surface area contributed by atoms with E-state index in [9.17, 15) is 0 Å². The van der Waals surface area contributed by atoms with Gasteiger partial charge in [-0.2, -0.15) is 11.8 Å². The Morgan fingerprint density at radius 1 is 1.57 bits per heavy atom. The van der Waals surface area contributed by atoms with Gasteiger partial charge in [-0.05, 0) is 63.7 Å². The lowest BCUT2D eigenvalue weighted by atomic mass is 9.99. The third kappa shape index (κ3) is 5.23. The fourth-order valence-electron chi connectivity index (χ4n) is 1.86. The van der Waals surface area contributed by atoms with Crippen LogP contribution in [-0.4, -0.2) is 37.7 Å². The molecule has 1 heterocycles. The van der Waals surface area contributed by atoms with E-state index in [1.54, 1.807) is 0 Å². The van der Waals surface area contributed by atoms with Crippen LogP contribution in [0, 0.1) is 5.92 Å². The normalized spacial score (nSPS) is 24.9. The van der Waals surface area contributed by atoms with Crippen LogP contribution >= 0.6 is 11.8 Å². The van der Waals surface area contributed by atoms with E-state index in [2.05, 4.69) is 23.8 Å². The molecule has 0 amide bonds. The van der Waals surface area contributed by atoms with Crippen LogP contribution in [-0.2, 0) is 0 Å². The number of rotatable bonds is 6. The first-order valence-corrected chi connectivity index (χ1v) is 7.15. The summed E-state index contributed by atoms with van der Waals surface area (Å²) in [5.41, 5.74) is 0. The molecule has 1 aliphatic heterocycles. The van der Waals surface area contributed by atoms with Gasteiger partial charge in [-0.25, -0.2) is 0 Å². The van der Waals surface area contributed by atoms with Gasteiger partial charge in [0.15, 0.2) is 0 Å². The van der Waals surface area contributed by atoms with E-state index in [1.165, 1.54) is 44.6 Å². The molecule has 2 nitrogen and oxygen atoms in total. The Hall–Kier alpha value is 0.270. The largest absolute Gasteiger partial charge is 0.316 e. The van der Waals surface area contributed by atoms with Gasteiger partial charge < -0.3 is 10.6 Å². The predicted octanol–water partition coefficient (Wildman–Crippen LogP) is 1.72. The highest BCUT2D eigenvalue weighted by Crippen LogP contribution is 2.09. The van der Waals surface area contributed by atoms with Gasteiger partial charge in [-0.1, -0.05) is 0 Å². The van der Waals surface area contributed by atoms with Crippen LogP contribution in [0.2, 0.25) is 0 Å². The number of thioether (sulfide) groups is 1. The van der Waals surface area contributed by atoms with Gasteiger partial charge >= 0.3 is 0 Å². The molecule has 3 heteroatoms. The van der Waals surface area contributed by atoms with Crippen LogP contribution in [0.1, 0.15) is 26.2 Å². The van der Waals surface area contributed by atoms with E-state index >= 15 is 0 Å². The first-order valence-electron chi connectivity index (χ1n) is 5.76. The zero-order chi connectivity index (χ0) is 10.2. The van der Waals surface area contributed by atoms with Crippen molar-refractivity contribution in [1.29, 1.82) is 0 Å². The van der Waals surface area contributed by atoms with E-state index in [0.29, 0.717) is 6.04 Å². The molecule has 0 aromatic carbocycles. The molecule has 0 aromatic rings. The lowest BCUT2D eigenvalue weighted by Gasteiger charge is -2.24.